The molecule has 0 spiro atoms. The third-order valence-electron chi connectivity index (χ3n) is 5.36. The predicted octanol–water partition coefficient (Wildman–Crippen LogP) is 5.13. The summed E-state index contributed by atoms with van der Waals surface area (Å²) in [5.74, 6) is 0.944. The summed E-state index contributed by atoms with van der Waals surface area (Å²) in [6, 6.07) is 7.41. The van der Waals surface area contributed by atoms with Crippen LogP contribution in [0.15, 0.2) is 45.5 Å². The number of nitrogens with zero attached hydrogens (tertiary/aromatic N) is 1. The molecule has 1 aromatic heterocycles. The zero-order chi connectivity index (χ0) is 20.8. The molecule has 5 nitrogen and oxygen atoms in total. The van der Waals surface area contributed by atoms with Gasteiger partial charge in [-0.3, -0.25) is 9.59 Å². The molecule has 2 aromatic rings. The molecule has 2 aliphatic rings. The maximum Gasteiger partial charge on any atom is 0.257 e. The average molecular weight is 430 g/mol. The smallest absolute Gasteiger partial charge is 0.257 e. The number of hydrogen-bond donors (Lipinski definition) is 2. The first-order valence-corrected chi connectivity index (χ1v) is 11.2. The molecule has 0 bridgehead atoms. The quantitative estimate of drug-likeness (QED) is 0.520. The van der Waals surface area contributed by atoms with Crippen LogP contribution < -0.4 is 10.9 Å². The van der Waals surface area contributed by atoms with Crippen LogP contribution in [-0.4, -0.2) is 21.5 Å². The molecule has 2 heterocycles. The number of nitrogens with one attached hydrogen (secondary N) is 2. The number of halogens is 1. The highest BCUT2D eigenvalue weighted by molar-refractivity contribution is 7.99. The number of allylic oxidation sites excluding steroid dienone is 2. The Bertz CT molecular complexity index is 1070. The highest BCUT2D eigenvalue weighted by Gasteiger charge is 2.42. The lowest BCUT2D eigenvalue weighted by atomic mass is 9.69. The van der Waals surface area contributed by atoms with Crippen LogP contribution in [0.5, 0.6) is 0 Å². The normalized spacial score (nSPS) is 20.1. The third-order valence-corrected chi connectivity index (χ3v) is 6.78. The van der Waals surface area contributed by atoms with E-state index in [4.69, 9.17) is 11.6 Å². The molecule has 0 amide bonds. The lowest BCUT2D eigenvalue weighted by molar-refractivity contribution is -0.118. The molecule has 29 heavy (non-hydrogen) atoms. The summed E-state index contributed by atoms with van der Waals surface area (Å²) in [4.78, 5) is 33.9. The molecule has 1 aromatic carbocycles. The number of aromatic nitrogens is 2. The second-order valence-electron chi connectivity index (χ2n) is 8.39. The summed E-state index contributed by atoms with van der Waals surface area (Å²) in [6.45, 7) is 6.26. The van der Waals surface area contributed by atoms with Crippen molar-refractivity contribution in [3.05, 3.63) is 62.0 Å². The minimum absolute atomic E-state index is 0.0585. The maximum atomic E-state index is 13.2. The second kappa shape index (κ2) is 7.65. The Hall–Kier alpha value is -2.05. The largest absolute Gasteiger partial charge is 0.343 e. The lowest BCUT2D eigenvalue weighted by Crippen LogP contribution is -2.37. The monoisotopic (exact) mass is 429 g/mol. The number of rotatable bonds is 4. The van der Waals surface area contributed by atoms with Crippen molar-refractivity contribution in [2.45, 2.75) is 51.1 Å². The van der Waals surface area contributed by atoms with E-state index in [0.717, 1.165) is 29.9 Å². The molecule has 152 valence electrons. The van der Waals surface area contributed by atoms with E-state index in [1.807, 2.05) is 18.2 Å². The van der Waals surface area contributed by atoms with E-state index in [1.54, 1.807) is 6.07 Å². The van der Waals surface area contributed by atoms with Crippen LogP contribution in [0, 0.1) is 5.41 Å². The standard InChI is InChI=1S/C22H24ClN3O2S/c1-4-9-29-21-25-19-18(20(28)26-21)16(12-7-5-6-8-13(12)23)17-14(24-19)10-22(2,3)11-15(17)27/h5-8,16H,4,9-11H2,1-3H3,(H2,24,25,26,28). The van der Waals surface area contributed by atoms with E-state index in [1.165, 1.54) is 11.8 Å². The molecule has 1 aliphatic carbocycles. The third kappa shape index (κ3) is 3.76. The molecule has 4 rings (SSSR count). The van der Waals surface area contributed by atoms with Gasteiger partial charge in [-0.25, -0.2) is 4.98 Å². The van der Waals surface area contributed by atoms with Gasteiger partial charge in [0, 0.05) is 34.4 Å². The number of Topliss-reactive ketones (excluding diaryl/α,β-unsaturated/α-hetero) is 1. The number of H-pyrrole nitrogens is 1. The van der Waals surface area contributed by atoms with Crippen LogP contribution in [0.2, 0.25) is 5.02 Å². The SMILES string of the molecule is CCCSc1nc2c(c(=O)[nH]1)C(c1ccccc1Cl)C1=C(CC(C)(C)CC1=O)N2. The molecule has 0 radical (unpaired) electrons. The van der Waals surface area contributed by atoms with Gasteiger partial charge in [0.1, 0.15) is 5.82 Å². The number of aromatic amines is 1. The first-order chi connectivity index (χ1) is 13.8. The Kier molecular flexibility index (Phi) is 5.34. The summed E-state index contributed by atoms with van der Waals surface area (Å²) < 4.78 is 0. The fraction of sp³-hybridized carbons (Fsp3) is 0.409. The van der Waals surface area contributed by atoms with E-state index in [2.05, 4.69) is 36.1 Å². The number of hydrogen-bond acceptors (Lipinski definition) is 5. The first-order valence-electron chi connectivity index (χ1n) is 9.85. The summed E-state index contributed by atoms with van der Waals surface area (Å²) in [5, 5.41) is 4.46. The van der Waals surface area contributed by atoms with Crippen molar-refractivity contribution >= 4 is 35.0 Å². The van der Waals surface area contributed by atoms with Gasteiger partial charge in [-0.15, -0.1) is 0 Å². The van der Waals surface area contributed by atoms with Crippen molar-refractivity contribution in [1.29, 1.82) is 0 Å². The summed E-state index contributed by atoms with van der Waals surface area (Å²) >= 11 is 8.04. The summed E-state index contributed by atoms with van der Waals surface area (Å²) in [6.07, 6.45) is 2.15. The van der Waals surface area contributed by atoms with Gasteiger partial charge >= 0.3 is 0 Å². The molecule has 0 saturated carbocycles. The van der Waals surface area contributed by atoms with Gasteiger partial charge < -0.3 is 10.3 Å². The van der Waals surface area contributed by atoms with Crippen molar-refractivity contribution in [3.8, 4) is 0 Å². The van der Waals surface area contributed by atoms with Gasteiger partial charge in [0.15, 0.2) is 10.9 Å². The van der Waals surface area contributed by atoms with Crippen LogP contribution in [-0.2, 0) is 4.79 Å². The van der Waals surface area contributed by atoms with Gasteiger partial charge in [-0.2, -0.15) is 0 Å². The van der Waals surface area contributed by atoms with Crippen LogP contribution in [0.25, 0.3) is 0 Å². The van der Waals surface area contributed by atoms with Crippen molar-refractivity contribution in [3.63, 3.8) is 0 Å². The number of benzene rings is 1. The topological polar surface area (TPSA) is 74.8 Å². The Morgan fingerprint density at radius 1 is 1.24 bits per heavy atom. The van der Waals surface area contributed by atoms with E-state index in [-0.39, 0.29) is 16.8 Å². The lowest BCUT2D eigenvalue weighted by Gasteiger charge is -2.38. The molecular weight excluding hydrogens is 406 g/mol. The van der Waals surface area contributed by atoms with Gasteiger partial charge in [-0.1, -0.05) is 62.3 Å². The Morgan fingerprint density at radius 3 is 2.72 bits per heavy atom. The summed E-state index contributed by atoms with van der Waals surface area (Å²) in [5.41, 5.74) is 2.35. The van der Waals surface area contributed by atoms with Crippen LogP contribution in [0.1, 0.15) is 57.1 Å². The minimum Gasteiger partial charge on any atom is -0.343 e. The van der Waals surface area contributed by atoms with E-state index in [0.29, 0.717) is 33.6 Å². The van der Waals surface area contributed by atoms with Crippen LogP contribution >= 0.6 is 23.4 Å². The maximum absolute atomic E-state index is 13.2. The molecule has 0 saturated heterocycles. The van der Waals surface area contributed by atoms with Crippen molar-refractivity contribution in [1.82, 2.24) is 9.97 Å². The second-order valence-corrected chi connectivity index (χ2v) is 9.89. The number of thioether (sulfide) groups is 1. The zero-order valence-corrected chi connectivity index (χ0v) is 18.3. The Labute approximate surface area is 179 Å². The first kappa shape index (κ1) is 20.2. The fourth-order valence-electron chi connectivity index (χ4n) is 4.18. The van der Waals surface area contributed by atoms with E-state index >= 15 is 0 Å². The number of carbonyl (C=O) groups is 1. The van der Waals surface area contributed by atoms with E-state index in [9.17, 15) is 9.59 Å². The van der Waals surface area contributed by atoms with Crippen LogP contribution in [0.3, 0.4) is 0 Å². The van der Waals surface area contributed by atoms with Crippen molar-refractivity contribution in [2.75, 3.05) is 11.1 Å². The minimum atomic E-state index is -0.514. The molecular formula is C22H24ClN3O2S. The average Bonchev–Trinajstić information content (AvgIpc) is 2.64. The summed E-state index contributed by atoms with van der Waals surface area (Å²) in [7, 11) is 0. The van der Waals surface area contributed by atoms with E-state index < -0.39 is 5.92 Å². The fourth-order valence-corrected chi connectivity index (χ4v) is 5.14. The Balaban J connectivity index is 1.94. The number of fused-ring (bicyclic) bond motifs is 1. The highest BCUT2D eigenvalue weighted by Crippen LogP contribution is 2.48. The molecule has 0 fully saturated rings. The molecule has 1 unspecified atom stereocenters. The van der Waals surface area contributed by atoms with Gasteiger partial charge in [0.25, 0.3) is 5.56 Å². The number of anilines is 1. The molecule has 2 N–H and O–H groups in total. The zero-order valence-electron chi connectivity index (χ0n) is 16.8. The molecule has 7 heteroatoms. The molecule has 1 atom stereocenters. The van der Waals surface area contributed by atoms with Crippen LogP contribution in [0.4, 0.5) is 5.82 Å². The number of carbonyl (C=O) groups excluding carboxylic acids is 1. The molecule has 1 aliphatic heterocycles. The number of ketones is 1. The van der Waals surface area contributed by atoms with Crippen molar-refractivity contribution in [2.24, 2.45) is 5.41 Å². The predicted molar refractivity (Wildman–Crippen MR) is 118 cm³/mol. The van der Waals surface area contributed by atoms with Gasteiger partial charge in [-0.05, 0) is 29.9 Å². The van der Waals surface area contributed by atoms with Gasteiger partial charge in [0.2, 0.25) is 0 Å². The highest BCUT2D eigenvalue weighted by atomic mass is 35.5. The Morgan fingerprint density at radius 2 is 2.00 bits per heavy atom. The van der Waals surface area contributed by atoms with Crippen molar-refractivity contribution < 1.29 is 4.79 Å². The van der Waals surface area contributed by atoms with Gasteiger partial charge in [0.05, 0.1) is 5.56 Å².